The van der Waals surface area contributed by atoms with Gasteiger partial charge in [0.25, 0.3) is 0 Å². The molecule has 0 aliphatic carbocycles. The minimum Gasteiger partial charge on any atom is -0.859 e. The van der Waals surface area contributed by atoms with Crippen LogP contribution in [0.1, 0.15) is 24.0 Å². The quantitative estimate of drug-likeness (QED) is 0.223. The van der Waals surface area contributed by atoms with Crippen LogP contribution in [-0.4, -0.2) is 37.7 Å². The van der Waals surface area contributed by atoms with Gasteiger partial charge >= 0.3 is 12.3 Å². The van der Waals surface area contributed by atoms with Gasteiger partial charge in [0.1, 0.15) is 17.2 Å². The molecular weight excluding hydrogens is 553 g/mol. The van der Waals surface area contributed by atoms with Crippen molar-refractivity contribution >= 4 is 34.6 Å². The average Bonchev–Trinajstić information content (AvgIpc) is 3.32. The smallest absolute Gasteiger partial charge is 0.573 e. The Bertz CT molecular complexity index is 1400. The van der Waals surface area contributed by atoms with E-state index in [9.17, 15) is 23.1 Å². The molecule has 0 spiro atoms. The van der Waals surface area contributed by atoms with Crippen LogP contribution in [0.2, 0.25) is 5.02 Å². The lowest BCUT2D eigenvalue weighted by Crippen LogP contribution is -2.31. The maximum Gasteiger partial charge on any atom is 0.573 e. The number of ether oxygens (including phenoxy) is 3. The Balaban J connectivity index is 1.70. The number of halogens is 4. The zero-order valence-electron chi connectivity index (χ0n) is 21.3. The van der Waals surface area contributed by atoms with Crippen molar-refractivity contribution in [2.24, 2.45) is 0 Å². The van der Waals surface area contributed by atoms with Crippen LogP contribution in [0, 0.1) is 0 Å². The Morgan fingerprint density at radius 3 is 2.48 bits per heavy atom. The highest BCUT2D eigenvalue weighted by molar-refractivity contribution is 6.30. The Hall–Kier alpha value is -4.25. The number of nitrogens with zero attached hydrogens (tertiary/aromatic N) is 1. The fraction of sp³-hybridized carbons (Fsp3) is 0.250. The lowest BCUT2D eigenvalue weighted by molar-refractivity contribution is -0.303. The average molecular weight is 578 g/mol. The molecule has 0 aromatic heterocycles. The van der Waals surface area contributed by atoms with Crippen molar-refractivity contribution in [3.63, 3.8) is 0 Å². The Morgan fingerprint density at radius 2 is 1.80 bits per heavy atom. The number of nitrogens with one attached hydrogen (secondary N) is 1. The van der Waals surface area contributed by atoms with E-state index < -0.39 is 24.0 Å². The molecule has 3 aromatic rings. The number of alkyl halides is 3. The monoisotopic (exact) mass is 577 g/mol. The number of benzene rings is 3. The molecule has 1 aliphatic rings. The first-order valence-electron chi connectivity index (χ1n) is 12.2. The minimum atomic E-state index is -4.87. The molecule has 0 radical (unpaired) electrons. The molecule has 4 rings (SSSR count). The number of hydrogen-bond donors (Lipinski definition) is 2. The molecule has 3 aromatic carbocycles. The molecule has 0 atom stereocenters. The predicted octanol–water partition coefficient (Wildman–Crippen LogP) is 5.65. The van der Waals surface area contributed by atoms with E-state index in [2.05, 4.69) is 10.1 Å². The van der Waals surface area contributed by atoms with Gasteiger partial charge < -0.3 is 34.6 Å². The summed E-state index contributed by atoms with van der Waals surface area (Å²) in [7, 11) is 1.46. The molecular formula is C28H25ClF3N2O6-. The second-order valence-electron chi connectivity index (χ2n) is 8.79. The highest BCUT2D eigenvalue weighted by Crippen LogP contribution is 2.37. The Morgan fingerprint density at radius 1 is 1.07 bits per heavy atom. The van der Waals surface area contributed by atoms with E-state index in [4.69, 9.17) is 26.2 Å². The Kier molecular flexibility index (Phi) is 8.83. The molecule has 2 N–H and O–H groups in total. The topological polar surface area (TPSA) is 103 Å². The van der Waals surface area contributed by atoms with Gasteiger partial charge in [-0.25, -0.2) is 0 Å². The fourth-order valence-corrected chi connectivity index (χ4v) is 4.30. The molecule has 0 amide bonds. The molecule has 12 heteroatoms. The first-order chi connectivity index (χ1) is 19.0. The minimum absolute atomic E-state index is 0.0505. The van der Waals surface area contributed by atoms with Crippen molar-refractivity contribution in [3.8, 4) is 17.2 Å². The van der Waals surface area contributed by atoms with Crippen molar-refractivity contribution in [2.45, 2.75) is 25.6 Å². The SMILES string of the molecule is COc1cc(N/C(=C(/[O-])N2CCc3ccc(OC(F)(F)F)cc32)c2ccc(Cl)cc2)cc(OCCCC(=O)O)c1. The number of methoxy groups -OCH3 is 1. The largest absolute Gasteiger partial charge is 0.859 e. The summed E-state index contributed by atoms with van der Waals surface area (Å²) >= 11 is 6.06. The summed E-state index contributed by atoms with van der Waals surface area (Å²) < 4.78 is 53.6. The summed E-state index contributed by atoms with van der Waals surface area (Å²) in [6.07, 6.45) is -4.17. The number of carbonyl (C=O) groups is 1. The summed E-state index contributed by atoms with van der Waals surface area (Å²) in [5.41, 5.74) is 2.07. The van der Waals surface area contributed by atoms with Crippen molar-refractivity contribution in [3.05, 3.63) is 82.7 Å². The molecule has 1 aliphatic heterocycles. The second-order valence-corrected chi connectivity index (χ2v) is 9.23. The third-order valence-electron chi connectivity index (χ3n) is 5.97. The molecule has 0 unspecified atom stereocenters. The van der Waals surface area contributed by atoms with Gasteiger partial charge in [-0.1, -0.05) is 29.8 Å². The number of anilines is 2. The summed E-state index contributed by atoms with van der Waals surface area (Å²) in [6, 6.07) is 15.3. The normalized spacial score (nSPS) is 13.4. The summed E-state index contributed by atoms with van der Waals surface area (Å²) in [5.74, 6) is -1.04. The fourth-order valence-electron chi connectivity index (χ4n) is 4.17. The van der Waals surface area contributed by atoms with Crippen molar-refractivity contribution in [1.82, 2.24) is 0 Å². The highest BCUT2D eigenvalue weighted by Gasteiger charge is 2.32. The number of hydrogen-bond acceptors (Lipinski definition) is 7. The van der Waals surface area contributed by atoms with Gasteiger partial charge in [-0.05, 0) is 48.1 Å². The van der Waals surface area contributed by atoms with Crippen LogP contribution < -0.4 is 29.5 Å². The lowest BCUT2D eigenvalue weighted by atomic mass is 10.1. The zero-order chi connectivity index (χ0) is 28.9. The van der Waals surface area contributed by atoms with E-state index in [1.165, 1.54) is 30.2 Å². The van der Waals surface area contributed by atoms with E-state index in [0.29, 0.717) is 51.9 Å². The molecule has 0 bridgehead atoms. The summed E-state index contributed by atoms with van der Waals surface area (Å²) in [5, 5.41) is 26.3. The van der Waals surface area contributed by atoms with Gasteiger partial charge in [0.15, 0.2) is 0 Å². The van der Waals surface area contributed by atoms with Crippen LogP contribution in [0.3, 0.4) is 0 Å². The Labute approximate surface area is 233 Å². The highest BCUT2D eigenvalue weighted by atomic mass is 35.5. The van der Waals surface area contributed by atoms with Gasteiger partial charge in [0, 0.05) is 53.6 Å². The molecule has 0 saturated heterocycles. The number of carboxylic acid groups (broad SMARTS) is 1. The van der Waals surface area contributed by atoms with Crippen molar-refractivity contribution < 1.29 is 42.4 Å². The van der Waals surface area contributed by atoms with Crippen LogP contribution in [0.5, 0.6) is 17.2 Å². The number of rotatable bonds is 11. The molecule has 8 nitrogen and oxygen atoms in total. The third kappa shape index (κ3) is 7.44. The lowest BCUT2D eigenvalue weighted by Gasteiger charge is -2.31. The van der Waals surface area contributed by atoms with E-state index in [0.717, 1.165) is 0 Å². The van der Waals surface area contributed by atoms with Crippen molar-refractivity contribution in [2.75, 3.05) is 30.5 Å². The van der Waals surface area contributed by atoms with E-state index in [1.807, 2.05) is 0 Å². The molecule has 212 valence electrons. The maximum absolute atomic E-state index is 13.9. The van der Waals surface area contributed by atoms with Gasteiger partial charge in [0.2, 0.25) is 0 Å². The predicted molar refractivity (Wildman–Crippen MR) is 142 cm³/mol. The zero-order valence-corrected chi connectivity index (χ0v) is 22.0. The first kappa shape index (κ1) is 28.8. The standard InChI is InChI=1S/C28H26ClF3N2O6/c1-38-22-13-20(14-23(15-22)39-12-2-3-25(35)36)33-26(18-4-7-19(29)8-5-18)27(37)34-11-10-17-6-9-21(16-24(17)34)40-28(30,31)32/h4-9,13-16,33,37H,2-3,10-12H2,1H3,(H,35,36)/p-1/b27-26+. The second kappa shape index (κ2) is 12.3. The van der Waals surface area contributed by atoms with E-state index in [1.54, 1.807) is 42.5 Å². The van der Waals surface area contributed by atoms with E-state index in [-0.39, 0.29) is 25.3 Å². The number of aliphatic carboxylic acids is 1. The first-order valence-corrected chi connectivity index (χ1v) is 12.5. The molecule has 0 fully saturated rings. The molecule has 1 heterocycles. The summed E-state index contributed by atoms with van der Waals surface area (Å²) in [4.78, 5) is 12.2. The third-order valence-corrected chi connectivity index (χ3v) is 6.22. The van der Waals surface area contributed by atoms with Crippen LogP contribution in [0.15, 0.2) is 66.5 Å². The van der Waals surface area contributed by atoms with Crippen LogP contribution in [0.25, 0.3) is 5.70 Å². The molecule has 0 saturated carbocycles. The van der Waals surface area contributed by atoms with Gasteiger partial charge in [-0.15, -0.1) is 13.2 Å². The number of fused-ring (bicyclic) bond motifs is 1. The molecule has 40 heavy (non-hydrogen) atoms. The van der Waals surface area contributed by atoms with Crippen LogP contribution in [-0.2, 0) is 11.2 Å². The summed E-state index contributed by atoms with van der Waals surface area (Å²) in [6.45, 7) is 0.400. The maximum atomic E-state index is 13.9. The van der Waals surface area contributed by atoms with Gasteiger partial charge in [0.05, 0.1) is 19.4 Å². The van der Waals surface area contributed by atoms with Crippen molar-refractivity contribution in [1.29, 1.82) is 0 Å². The number of carboxylic acids is 1. The van der Waals surface area contributed by atoms with Crippen LogP contribution in [0.4, 0.5) is 24.5 Å². The van der Waals surface area contributed by atoms with Gasteiger partial charge in [-0.2, -0.15) is 0 Å². The van der Waals surface area contributed by atoms with E-state index >= 15 is 0 Å². The van der Waals surface area contributed by atoms with Crippen LogP contribution >= 0.6 is 11.6 Å². The van der Waals surface area contributed by atoms with Gasteiger partial charge in [-0.3, -0.25) is 4.79 Å².